The predicted molar refractivity (Wildman–Crippen MR) is 136 cm³/mol. The first kappa shape index (κ1) is 22.7. The molecular formula is C29H36N4O2. The molecule has 3 saturated heterocycles. The molecule has 2 unspecified atom stereocenters. The van der Waals surface area contributed by atoms with Crippen molar-refractivity contribution in [2.24, 2.45) is 5.92 Å². The minimum Gasteiger partial charge on any atom is -0.464 e. The normalized spacial score (nSPS) is 26.4. The number of aromatic nitrogens is 2. The number of aryl methyl sites for hydroxylation is 1. The minimum atomic E-state index is -0.0619. The molecule has 0 saturated carbocycles. The Kier molecular flexibility index (Phi) is 5.67. The smallest absolute Gasteiger partial charge is 0.273 e. The van der Waals surface area contributed by atoms with Crippen molar-refractivity contribution >= 4 is 16.9 Å². The van der Waals surface area contributed by atoms with E-state index in [-0.39, 0.29) is 11.3 Å². The number of benzene rings is 1. The first-order valence-corrected chi connectivity index (χ1v) is 13.2. The van der Waals surface area contributed by atoms with E-state index in [1.807, 2.05) is 19.1 Å². The standard InChI is InChI=1S/C29H36N4O2/c1-19-15-25(31-28(30-19)29(2)10-12-32(3)13-11-29)27(34)33-22-7-8-23(33)18-20(17-22)16-21-5-4-6-26-24(21)9-14-35-26/h4-6,9,14-15,20,22-23H,7-8,10-13,16-18H2,1-3H3. The van der Waals surface area contributed by atoms with Gasteiger partial charge in [0.2, 0.25) is 0 Å². The van der Waals surface area contributed by atoms with Gasteiger partial charge >= 0.3 is 0 Å². The van der Waals surface area contributed by atoms with Gasteiger partial charge in [0.15, 0.2) is 0 Å². The first-order chi connectivity index (χ1) is 16.9. The predicted octanol–water partition coefficient (Wildman–Crippen LogP) is 5.14. The van der Waals surface area contributed by atoms with Gasteiger partial charge in [0.1, 0.15) is 17.1 Å². The molecule has 0 radical (unpaired) electrons. The lowest BCUT2D eigenvalue weighted by atomic mass is 9.79. The Morgan fingerprint density at radius 3 is 2.60 bits per heavy atom. The van der Waals surface area contributed by atoms with Crippen LogP contribution in [0.4, 0.5) is 0 Å². The average Bonchev–Trinajstić information content (AvgIpc) is 3.43. The van der Waals surface area contributed by atoms with E-state index < -0.39 is 0 Å². The van der Waals surface area contributed by atoms with Crippen LogP contribution in [0.1, 0.15) is 73.0 Å². The van der Waals surface area contributed by atoms with Crippen LogP contribution in [0.15, 0.2) is 41.0 Å². The first-order valence-electron chi connectivity index (χ1n) is 13.2. The van der Waals surface area contributed by atoms with Crippen LogP contribution >= 0.6 is 0 Å². The number of fused-ring (bicyclic) bond motifs is 3. The number of carbonyl (C=O) groups is 1. The molecule has 1 aromatic carbocycles. The number of rotatable bonds is 4. The Balaban J connectivity index is 1.20. The van der Waals surface area contributed by atoms with E-state index in [9.17, 15) is 4.79 Å². The quantitative estimate of drug-likeness (QED) is 0.526. The monoisotopic (exact) mass is 472 g/mol. The van der Waals surface area contributed by atoms with E-state index in [1.54, 1.807) is 6.26 Å². The number of hydrogen-bond donors (Lipinski definition) is 0. The Morgan fingerprint density at radius 2 is 1.86 bits per heavy atom. The third-order valence-electron chi connectivity index (χ3n) is 8.86. The van der Waals surface area contributed by atoms with Crippen LogP contribution < -0.4 is 0 Å². The van der Waals surface area contributed by atoms with Crippen LogP contribution in [0.2, 0.25) is 0 Å². The molecule has 3 aromatic rings. The van der Waals surface area contributed by atoms with Crippen molar-refractivity contribution in [1.29, 1.82) is 0 Å². The zero-order valence-electron chi connectivity index (χ0n) is 21.2. The summed E-state index contributed by atoms with van der Waals surface area (Å²) in [7, 11) is 2.17. The molecule has 3 fully saturated rings. The highest BCUT2D eigenvalue weighted by Gasteiger charge is 2.44. The summed E-state index contributed by atoms with van der Waals surface area (Å²) in [5.41, 5.74) is 3.75. The summed E-state index contributed by atoms with van der Waals surface area (Å²) in [5.74, 6) is 1.55. The van der Waals surface area contributed by atoms with E-state index in [0.717, 1.165) is 75.1 Å². The van der Waals surface area contributed by atoms with Gasteiger partial charge in [-0.05, 0) is 102 Å². The maximum atomic E-state index is 13.8. The van der Waals surface area contributed by atoms with Crippen LogP contribution in [-0.4, -0.2) is 57.9 Å². The van der Waals surface area contributed by atoms with Crippen LogP contribution in [0.3, 0.4) is 0 Å². The van der Waals surface area contributed by atoms with Crippen molar-refractivity contribution in [1.82, 2.24) is 19.8 Å². The topological polar surface area (TPSA) is 62.5 Å². The second-order valence-corrected chi connectivity index (χ2v) is 11.5. The fourth-order valence-corrected chi connectivity index (χ4v) is 6.75. The van der Waals surface area contributed by atoms with Gasteiger partial charge in [0, 0.05) is 28.6 Å². The fraction of sp³-hybridized carbons (Fsp3) is 0.552. The summed E-state index contributed by atoms with van der Waals surface area (Å²) >= 11 is 0. The number of nitrogens with zero attached hydrogens (tertiary/aromatic N) is 4. The van der Waals surface area contributed by atoms with Crippen molar-refractivity contribution in [2.45, 2.75) is 76.3 Å². The summed E-state index contributed by atoms with van der Waals surface area (Å²) in [6.07, 6.45) is 9.22. The lowest BCUT2D eigenvalue weighted by molar-refractivity contribution is 0.0517. The summed E-state index contributed by atoms with van der Waals surface area (Å²) in [6.45, 7) is 6.35. The van der Waals surface area contributed by atoms with Gasteiger partial charge in [0.05, 0.1) is 6.26 Å². The van der Waals surface area contributed by atoms with E-state index in [4.69, 9.17) is 14.4 Å². The van der Waals surface area contributed by atoms with E-state index in [1.165, 1.54) is 10.9 Å². The number of furan rings is 1. The number of piperidine rings is 2. The average molecular weight is 473 g/mol. The van der Waals surface area contributed by atoms with Gasteiger partial charge in [-0.15, -0.1) is 0 Å². The maximum absolute atomic E-state index is 13.8. The minimum absolute atomic E-state index is 0.0619. The molecule has 1 amide bonds. The van der Waals surface area contributed by atoms with Crippen molar-refractivity contribution in [2.75, 3.05) is 20.1 Å². The second-order valence-electron chi connectivity index (χ2n) is 11.5. The zero-order chi connectivity index (χ0) is 24.2. The van der Waals surface area contributed by atoms with Gasteiger partial charge in [-0.3, -0.25) is 4.79 Å². The Morgan fingerprint density at radius 1 is 1.11 bits per heavy atom. The third-order valence-corrected chi connectivity index (χ3v) is 8.86. The molecule has 35 heavy (non-hydrogen) atoms. The Bertz CT molecular complexity index is 1230. The van der Waals surface area contributed by atoms with Gasteiger partial charge < -0.3 is 14.2 Å². The molecular weight excluding hydrogens is 436 g/mol. The summed E-state index contributed by atoms with van der Waals surface area (Å²) in [5, 5.41) is 1.23. The lowest BCUT2D eigenvalue weighted by Crippen LogP contribution is -2.47. The van der Waals surface area contributed by atoms with Crippen LogP contribution in [-0.2, 0) is 11.8 Å². The van der Waals surface area contributed by atoms with Crippen molar-refractivity contribution < 1.29 is 9.21 Å². The molecule has 0 aliphatic carbocycles. The molecule has 3 aliphatic rings. The van der Waals surface area contributed by atoms with Crippen LogP contribution in [0.25, 0.3) is 11.0 Å². The Labute approximate surface area is 207 Å². The van der Waals surface area contributed by atoms with E-state index in [0.29, 0.717) is 23.7 Å². The molecule has 6 heteroatoms. The molecule has 2 bridgehead atoms. The van der Waals surface area contributed by atoms with Gasteiger partial charge in [-0.2, -0.15) is 0 Å². The van der Waals surface area contributed by atoms with Crippen molar-refractivity contribution in [3.8, 4) is 0 Å². The highest BCUT2D eigenvalue weighted by Crippen LogP contribution is 2.41. The van der Waals surface area contributed by atoms with Gasteiger partial charge in [-0.25, -0.2) is 9.97 Å². The molecule has 5 heterocycles. The Hall–Kier alpha value is -2.73. The summed E-state index contributed by atoms with van der Waals surface area (Å²) in [6, 6.07) is 11.0. The number of carbonyl (C=O) groups excluding carboxylic acids is 1. The zero-order valence-corrected chi connectivity index (χ0v) is 21.2. The molecule has 2 aromatic heterocycles. The molecule has 184 valence electrons. The summed E-state index contributed by atoms with van der Waals surface area (Å²) < 4.78 is 5.61. The molecule has 2 atom stereocenters. The molecule has 6 nitrogen and oxygen atoms in total. The van der Waals surface area contributed by atoms with Crippen LogP contribution in [0.5, 0.6) is 0 Å². The van der Waals surface area contributed by atoms with Crippen LogP contribution in [0, 0.1) is 12.8 Å². The van der Waals surface area contributed by atoms with Crippen molar-refractivity contribution in [3.63, 3.8) is 0 Å². The number of amides is 1. The highest BCUT2D eigenvalue weighted by molar-refractivity contribution is 5.93. The summed E-state index contributed by atoms with van der Waals surface area (Å²) in [4.78, 5) is 28.1. The fourth-order valence-electron chi connectivity index (χ4n) is 6.75. The molecule has 6 rings (SSSR count). The van der Waals surface area contributed by atoms with Gasteiger partial charge in [-0.1, -0.05) is 19.1 Å². The van der Waals surface area contributed by atoms with E-state index in [2.05, 4.69) is 42.0 Å². The largest absolute Gasteiger partial charge is 0.464 e. The number of hydrogen-bond acceptors (Lipinski definition) is 5. The molecule has 3 aliphatic heterocycles. The molecule has 0 spiro atoms. The second kappa shape index (κ2) is 8.74. The van der Waals surface area contributed by atoms with Crippen molar-refractivity contribution in [3.05, 3.63) is 59.4 Å². The lowest BCUT2D eigenvalue weighted by Gasteiger charge is -2.39. The SMILES string of the molecule is Cc1cc(C(=O)N2C3CCC2CC(Cc2cccc4occc24)C3)nc(C2(C)CCN(C)CC2)n1. The van der Waals surface area contributed by atoms with Gasteiger partial charge in [0.25, 0.3) is 5.91 Å². The van der Waals surface area contributed by atoms with E-state index >= 15 is 0 Å². The highest BCUT2D eigenvalue weighted by atomic mass is 16.3. The number of likely N-dealkylation sites (tertiary alicyclic amines) is 1. The molecule has 0 N–H and O–H groups in total. The third kappa shape index (κ3) is 4.16. The maximum Gasteiger partial charge on any atom is 0.273 e.